The van der Waals surface area contributed by atoms with E-state index in [1.165, 1.54) is 4.90 Å². The summed E-state index contributed by atoms with van der Waals surface area (Å²) in [4.78, 5) is 29.2. The predicted molar refractivity (Wildman–Crippen MR) is 110 cm³/mol. The van der Waals surface area contributed by atoms with E-state index in [-0.39, 0.29) is 11.3 Å². The maximum atomic E-state index is 12.9. The van der Waals surface area contributed by atoms with Crippen molar-refractivity contribution in [1.29, 1.82) is 0 Å². The number of aryl methyl sites for hydroxylation is 2. The molecule has 0 unspecified atom stereocenters. The molecule has 1 atom stereocenters. The van der Waals surface area contributed by atoms with Gasteiger partial charge in [-0.25, -0.2) is 0 Å². The number of carbonyl (C=O) groups excluding carboxylic acids is 2. The summed E-state index contributed by atoms with van der Waals surface area (Å²) >= 11 is 3.45. The van der Waals surface area contributed by atoms with Crippen molar-refractivity contribution in [2.24, 2.45) is 0 Å². The monoisotopic (exact) mass is 446 g/mol. The van der Waals surface area contributed by atoms with Gasteiger partial charge in [-0.15, -0.1) is 0 Å². The number of hydrogen-bond acceptors (Lipinski definition) is 5. The van der Waals surface area contributed by atoms with Gasteiger partial charge in [-0.05, 0) is 45.6 Å². The topological polar surface area (TPSA) is 89.5 Å². The zero-order chi connectivity index (χ0) is 20.6. The number of aliphatic hydroxyl groups is 1. The molecular formula is C20H23BrN4O3. The van der Waals surface area contributed by atoms with Gasteiger partial charge in [-0.1, -0.05) is 28.1 Å². The zero-order valence-electron chi connectivity index (χ0n) is 16.3. The van der Waals surface area contributed by atoms with Gasteiger partial charge in [-0.2, -0.15) is 5.10 Å². The summed E-state index contributed by atoms with van der Waals surface area (Å²) in [6, 6.07) is 6.78. The Morgan fingerprint density at radius 3 is 2.61 bits per heavy atom. The molecule has 3 rings (SSSR count). The normalized spacial score (nSPS) is 19.1. The minimum Gasteiger partial charge on any atom is -0.507 e. The molecule has 0 bridgehead atoms. The summed E-state index contributed by atoms with van der Waals surface area (Å²) < 4.78 is 0.832. The zero-order valence-corrected chi connectivity index (χ0v) is 17.9. The second-order valence-corrected chi connectivity index (χ2v) is 8.08. The Kier molecular flexibility index (Phi) is 5.71. The summed E-state index contributed by atoms with van der Waals surface area (Å²) in [5.74, 6) is -1.48. The molecule has 1 aliphatic rings. The highest BCUT2D eigenvalue weighted by atomic mass is 79.9. The largest absolute Gasteiger partial charge is 0.507 e. The van der Waals surface area contributed by atoms with Crippen molar-refractivity contribution in [2.45, 2.75) is 19.9 Å². The first-order valence-electron chi connectivity index (χ1n) is 8.93. The van der Waals surface area contributed by atoms with E-state index in [9.17, 15) is 14.7 Å². The Morgan fingerprint density at radius 2 is 2.04 bits per heavy atom. The number of nitrogens with one attached hydrogen (secondary N) is 1. The second-order valence-electron chi connectivity index (χ2n) is 7.16. The highest BCUT2D eigenvalue weighted by Crippen LogP contribution is 2.40. The number of likely N-dealkylation sites (tertiary alicyclic amines) is 1. The number of carbonyl (C=O) groups is 2. The number of aliphatic hydroxyl groups excluding tert-OH is 1. The van der Waals surface area contributed by atoms with E-state index < -0.39 is 17.7 Å². The number of hydrogen-bond donors (Lipinski definition) is 2. The molecule has 1 saturated heterocycles. The molecular weight excluding hydrogens is 424 g/mol. The first-order chi connectivity index (χ1) is 13.2. The molecule has 7 nitrogen and oxygen atoms in total. The van der Waals surface area contributed by atoms with Gasteiger partial charge in [0.25, 0.3) is 11.7 Å². The number of aromatic nitrogens is 2. The molecule has 2 heterocycles. The molecule has 0 saturated carbocycles. The van der Waals surface area contributed by atoms with Gasteiger partial charge in [0.05, 0.1) is 22.9 Å². The Hall–Kier alpha value is -2.45. The Balaban J connectivity index is 2.20. The smallest absolute Gasteiger partial charge is 0.295 e. The van der Waals surface area contributed by atoms with Crippen LogP contribution in [0.15, 0.2) is 34.3 Å². The minimum absolute atomic E-state index is 0.0921. The highest BCUT2D eigenvalue weighted by Gasteiger charge is 2.46. The molecule has 1 aliphatic heterocycles. The molecule has 0 radical (unpaired) electrons. The van der Waals surface area contributed by atoms with Crippen LogP contribution in [0.25, 0.3) is 5.76 Å². The van der Waals surface area contributed by atoms with Gasteiger partial charge < -0.3 is 14.9 Å². The van der Waals surface area contributed by atoms with E-state index in [1.807, 2.05) is 43.3 Å². The van der Waals surface area contributed by atoms with Gasteiger partial charge in [0.1, 0.15) is 5.76 Å². The van der Waals surface area contributed by atoms with Crippen LogP contribution in [-0.4, -0.2) is 64.0 Å². The van der Waals surface area contributed by atoms with E-state index in [0.717, 1.165) is 10.0 Å². The molecule has 2 aromatic rings. The molecule has 1 aromatic heterocycles. The van der Waals surface area contributed by atoms with E-state index in [1.54, 1.807) is 13.8 Å². The average molecular weight is 447 g/mol. The standard InChI is InChI=1S/C20H23BrN4O3/c1-11-15(12(2)23-22-11)18(26)16-17(13-6-5-7-14(21)10-13)25(9-8-24(3)4)20(28)19(16)27/h5-7,10,17,26H,8-9H2,1-4H3,(H,22,23)/b18-16+/t17-/m0/s1. The number of H-pyrrole nitrogens is 1. The Morgan fingerprint density at radius 1 is 1.32 bits per heavy atom. The quantitative estimate of drug-likeness (QED) is 0.418. The molecule has 148 valence electrons. The summed E-state index contributed by atoms with van der Waals surface area (Å²) in [6.07, 6.45) is 0. The molecule has 0 spiro atoms. The third kappa shape index (κ3) is 3.62. The number of likely N-dealkylation sites (N-methyl/N-ethyl adjacent to an activating group) is 1. The van der Waals surface area contributed by atoms with Crippen LogP contribution in [0.5, 0.6) is 0 Å². The van der Waals surface area contributed by atoms with Gasteiger partial charge >= 0.3 is 0 Å². The molecule has 1 aromatic carbocycles. The van der Waals surface area contributed by atoms with Crippen molar-refractivity contribution in [3.05, 3.63) is 56.8 Å². The number of amides is 1. The van der Waals surface area contributed by atoms with Gasteiger partial charge in [0.2, 0.25) is 0 Å². The number of Topliss-reactive ketones (excluding diaryl/α,β-unsaturated/α-hetero) is 1. The van der Waals surface area contributed by atoms with Crippen molar-refractivity contribution in [1.82, 2.24) is 20.0 Å². The summed E-state index contributed by atoms with van der Waals surface area (Å²) in [5.41, 5.74) is 2.53. The van der Waals surface area contributed by atoms with Gasteiger partial charge in [-0.3, -0.25) is 14.7 Å². The maximum Gasteiger partial charge on any atom is 0.295 e. The van der Waals surface area contributed by atoms with Gasteiger partial charge in [0.15, 0.2) is 0 Å². The number of ketones is 1. The predicted octanol–water partition coefficient (Wildman–Crippen LogP) is 2.77. The lowest BCUT2D eigenvalue weighted by Gasteiger charge is -2.26. The molecule has 8 heteroatoms. The first kappa shape index (κ1) is 20.3. The Bertz CT molecular complexity index is 945. The van der Waals surface area contributed by atoms with Crippen LogP contribution in [0.2, 0.25) is 0 Å². The number of benzene rings is 1. The summed E-state index contributed by atoms with van der Waals surface area (Å²) in [5, 5.41) is 18.0. The molecule has 2 N–H and O–H groups in total. The van der Waals surface area contributed by atoms with Crippen molar-refractivity contribution >= 4 is 33.4 Å². The lowest BCUT2D eigenvalue weighted by Crippen LogP contribution is -2.35. The van der Waals surface area contributed by atoms with E-state index in [2.05, 4.69) is 26.1 Å². The molecule has 28 heavy (non-hydrogen) atoms. The van der Waals surface area contributed by atoms with Crippen molar-refractivity contribution in [2.75, 3.05) is 27.2 Å². The number of halogens is 1. The van der Waals surface area contributed by atoms with Crippen LogP contribution in [0.3, 0.4) is 0 Å². The average Bonchev–Trinajstić information content (AvgIpc) is 3.09. The molecule has 1 amide bonds. The number of aromatic amines is 1. The van der Waals surface area contributed by atoms with Crippen LogP contribution >= 0.6 is 15.9 Å². The third-order valence-corrected chi connectivity index (χ3v) is 5.35. The SMILES string of the molecule is Cc1n[nH]c(C)c1/C(O)=C1\C(=O)C(=O)N(CCN(C)C)[C@H]1c1cccc(Br)c1. The fourth-order valence-corrected chi connectivity index (χ4v) is 3.89. The number of nitrogens with zero attached hydrogens (tertiary/aromatic N) is 3. The summed E-state index contributed by atoms with van der Waals surface area (Å²) in [6.45, 7) is 4.48. The van der Waals surface area contributed by atoms with Crippen molar-refractivity contribution < 1.29 is 14.7 Å². The van der Waals surface area contributed by atoms with Crippen molar-refractivity contribution in [3.8, 4) is 0 Å². The van der Waals surface area contributed by atoms with Crippen LogP contribution in [0.1, 0.15) is 28.6 Å². The fourth-order valence-electron chi connectivity index (χ4n) is 3.48. The molecule has 0 aliphatic carbocycles. The van der Waals surface area contributed by atoms with E-state index >= 15 is 0 Å². The van der Waals surface area contributed by atoms with Crippen LogP contribution in [0.4, 0.5) is 0 Å². The van der Waals surface area contributed by atoms with E-state index in [4.69, 9.17) is 0 Å². The highest BCUT2D eigenvalue weighted by molar-refractivity contribution is 9.10. The lowest BCUT2D eigenvalue weighted by molar-refractivity contribution is -0.140. The third-order valence-electron chi connectivity index (χ3n) is 4.86. The maximum absolute atomic E-state index is 12.9. The van der Waals surface area contributed by atoms with Crippen LogP contribution in [-0.2, 0) is 9.59 Å². The second kappa shape index (κ2) is 7.89. The van der Waals surface area contributed by atoms with Gasteiger partial charge in [0, 0.05) is 23.3 Å². The van der Waals surface area contributed by atoms with Crippen LogP contribution < -0.4 is 0 Å². The fraction of sp³-hybridized carbons (Fsp3) is 0.350. The van der Waals surface area contributed by atoms with Crippen molar-refractivity contribution in [3.63, 3.8) is 0 Å². The Labute approximate surface area is 172 Å². The molecule has 1 fully saturated rings. The number of rotatable bonds is 5. The first-order valence-corrected chi connectivity index (χ1v) is 9.72. The van der Waals surface area contributed by atoms with Crippen LogP contribution in [0, 0.1) is 13.8 Å². The summed E-state index contributed by atoms with van der Waals surface area (Å²) in [7, 11) is 3.81. The lowest BCUT2D eigenvalue weighted by atomic mass is 9.95. The van der Waals surface area contributed by atoms with E-state index in [0.29, 0.717) is 30.0 Å². The minimum atomic E-state index is -0.679.